The van der Waals surface area contributed by atoms with Crippen molar-refractivity contribution in [3.63, 3.8) is 0 Å². The van der Waals surface area contributed by atoms with Gasteiger partial charge in [-0.1, -0.05) is 26.8 Å². The summed E-state index contributed by atoms with van der Waals surface area (Å²) >= 11 is 0. The lowest BCUT2D eigenvalue weighted by Crippen LogP contribution is -2.39. The highest BCUT2D eigenvalue weighted by molar-refractivity contribution is 5.67. The molecular weight excluding hydrogens is 376 g/mol. The summed E-state index contributed by atoms with van der Waals surface area (Å²) in [6, 6.07) is 1.81. The summed E-state index contributed by atoms with van der Waals surface area (Å²) in [5, 5.41) is 11.1. The summed E-state index contributed by atoms with van der Waals surface area (Å²) < 4.78 is 21.9. The molecule has 0 radical (unpaired) electrons. The molecule has 29 heavy (non-hydrogen) atoms. The number of hydrogen-bond acceptors (Lipinski definition) is 7. The largest absolute Gasteiger partial charge is 0.507 e. The first-order valence-corrected chi connectivity index (χ1v) is 9.51. The van der Waals surface area contributed by atoms with Crippen LogP contribution in [0.2, 0.25) is 0 Å². The van der Waals surface area contributed by atoms with Crippen molar-refractivity contribution in [2.75, 3.05) is 13.7 Å². The fourth-order valence-corrected chi connectivity index (χ4v) is 3.45. The van der Waals surface area contributed by atoms with Gasteiger partial charge in [-0.2, -0.15) is 0 Å². The van der Waals surface area contributed by atoms with E-state index in [9.17, 15) is 14.7 Å². The van der Waals surface area contributed by atoms with Crippen molar-refractivity contribution in [2.24, 2.45) is 0 Å². The molecule has 3 atom stereocenters. The monoisotopic (exact) mass is 406 g/mol. The Kier molecular flexibility index (Phi) is 6.95. The van der Waals surface area contributed by atoms with Crippen molar-refractivity contribution >= 4 is 11.9 Å². The molecule has 7 heteroatoms. The molecular formula is C22H30O7. The Labute approximate surface area is 171 Å². The van der Waals surface area contributed by atoms with E-state index in [-0.39, 0.29) is 17.8 Å². The fraction of sp³-hybridized carbons (Fsp3) is 0.545. The second-order valence-electron chi connectivity index (χ2n) is 8.15. The fourth-order valence-electron chi connectivity index (χ4n) is 3.45. The predicted molar refractivity (Wildman–Crippen MR) is 107 cm³/mol. The third kappa shape index (κ3) is 5.29. The summed E-state index contributed by atoms with van der Waals surface area (Å²) in [5.41, 5.74) is 1.75. The van der Waals surface area contributed by atoms with E-state index in [0.29, 0.717) is 16.9 Å². The maximum absolute atomic E-state index is 11.4. The highest BCUT2D eigenvalue weighted by atomic mass is 16.6. The van der Waals surface area contributed by atoms with Gasteiger partial charge in [0.15, 0.2) is 0 Å². The molecule has 0 aromatic heterocycles. The Morgan fingerprint density at radius 1 is 1.17 bits per heavy atom. The molecule has 0 fully saturated rings. The Bertz CT molecular complexity index is 804. The van der Waals surface area contributed by atoms with Gasteiger partial charge in [0.1, 0.15) is 36.4 Å². The summed E-state index contributed by atoms with van der Waals surface area (Å²) in [7, 11) is 1.58. The molecule has 2 rings (SSSR count). The molecule has 0 amide bonds. The Balaban J connectivity index is 2.47. The maximum Gasteiger partial charge on any atom is 0.303 e. The number of esters is 2. The molecule has 0 bridgehead atoms. The number of ether oxygens (including phenoxy) is 4. The third-order valence-electron chi connectivity index (χ3n) is 4.64. The van der Waals surface area contributed by atoms with E-state index in [1.54, 1.807) is 19.3 Å². The zero-order valence-corrected chi connectivity index (χ0v) is 18.1. The van der Waals surface area contributed by atoms with Gasteiger partial charge in [-0.25, -0.2) is 0 Å². The van der Waals surface area contributed by atoms with Crippen LogP contribution in [0, 0.1) is 6.92 Å². The number of phenols is 1. The molecule has 160 valence electrons. The molecule has 1 heterocycles. The number of aromatic hydroxyl groups is 1. The van der Waals surface area contributed by atoms with Crippen LogP contribution < -0.4 is 4.74 Å². The van der Waals surface area contributed by atoms with Crippen LogP contribution in [-0.4, -0.2) is 43.0 Å². The number of phenolic OH excluding ortho intramolecular Hbond substituents is 1. The van der Waals surface area contributed by atoms with Crippen molar-refractivity contribution in [1.82, 2.24) is 0 Å². The number of carbonyl (C=O) groups excluding carboxylic acids is 2. The molecule has 0 spiro atoms. The van der Waals surface area contributed by atoms with Crippen LogP contribution in [0.15, 0.2) is 18.2 Å². The summed E-state index contributed by atoms with van der Waals surface area (Å²) in [6.45, 7) is 10.4. The second-order valence-corrected chi connectivity index (χ2v) is 8.15. The molecule has 0 unspecified atom stereocenters. The second kappa shape index (κ2) is 8.86. The maximum atomic E-state index is 11.4. The zero-order chi connectivity index (χ0) is 21.9. The van der Waals surface area contributed by atoms with Crippen molar-refractivity contribution in [3.8, 4) is 11.5 Å². The van der Waals surface area contributed by atoms with Crippen molar-refractivity contribution < 1.29 is 33.6 Å². The van der Waals surface area contributed by atoms with Gasteiger partial charge in [-0.05, 0) is 30.0 Å². The van der Waals surface area contributed by atoms with Crippen molar-refractivity contribution in [1.29, 1.82) is 0 Å². The van der Waals surface area contributed by atoms with E-state index in [1.165, 1.54) is 13.8 Å². The Morgan fingerprint density at radius 3 is 2.34 bits per heavy atom. The van der Waals surface area contributed by atoms with E-state index >= 15 is 0 Å². The van der Waals surface area contributed by atoms with Crippen LogP contribution in [0.4, 0.5) is 0 Å². The van der Waals surface area contributed by atoms with Gasteiger partial charge in [-0.15, -0.1) is 0 Å². The number of methoxy groups -OCH3 is 1. The summed E-state index contributed by atoms with van der Waals surface area (Å²) in [4.78, 5) is 22.6. The number of benzene rings is 1. The Morgan fingerprint density at radius 2 is 1.83 bits per heavy atom. The van der Waals surface area contributed by atoms with Gasteiger partial charge in [0.2, 0.25) is 0 Å². The van der Waals surface area contributed by atoms with Crippen molar-refractivity contribution in [2.45, 2.75) is 65.3 Å². The third-order valence-corrected chi connectivity index (χ3v) is 4.64. The number of carbonyl (C=O) groups is 2. The Hall–Kier alpha value is -2.54. The molecule has 0 aliphatic carbocycles. The van der Waals surface area contributed by atoms with E-state index in [1.807, 2.05) is 33.8 Å². The van der Waals surface area contributed by atoms with Gasteiger partial charge in [0.25, 0.3) is 0 Å². The van der Waals surface area contributed by atoms with Crippen molar-refractivity contribution in [3.05, 3.63) is 34.9 Å². The van der Waals surface area contributed by atoms with E-state index in [0.717, 1.165) is 5.56 Å². The molecule has 7 nitrogen and oxygen atoms in total. The van der Waals surface area contributed by atoms with E-state index in [4.69, 9.17) is 18.9 Å². The molecule has 1 aromatic rings. The lowest BCUT2D eigenvalue weighted by molar-refractivity contribution is -0.163. The average molecular weight is 406 g/mol. The molecule has 1 aliphatic rings. The van der Waals surface area contributed by atoms with Crippen LogP contribution in [0.5, 0.6) is 11.5 Å². The highest BCUT2D eigenvalue weighted by Gasteiger charge is 2.35. The van der Waals surface area contributed by atoms with E-state index < -0.39 is 30.3 Å². The molecule has 1 aromatic carbocycles. The van der Waals surface area contributed by atoms with Crippen LogP contribution in [-0.2, 0) is 29.2 Å². The van der Waals surface area contributed by atoms with Crippen LogP contribution >= 0.6 is 0 Å². The standard InChI is InChI=1S/C22H30O7/c1-12-10-15(20(25)19(21(12)26-7)22(4,5)6)16-8-9-17(28-14(3)24)18(29-16)11-27-13(2)23/h8-10,16-18,25H,11H2,1-7H3/t16-,17-,18+/m0/s1. The SMILES string of the molecule is COc1c(C)cc([C@@H]2C=C[C@H](OC(C)=O)[C@@H](COC(C)=O)O2)c(O)c1C(C)(C)C. The predicted octanol–water partition coefficient (Wildman–Crippen LogP) is 3.50. The number of hydrogen-bond donors (Lipinski definition) is 1. The quantitative estimate of drug-likeness (QED) is 0.591. The normalized spacial score (nSPS) is 21.6. The summed E-state index contributed by atoms with van der Waals surface area (Å²) in [5.74, 6) is -0.202. The van der Waals surface area contributed by atoms with Crippen LogP contribution in [0.3, 0.4) is 0 Å². The molecule has 0 saturated carbocycles. The molecule has 0 saturated heterocycles. The first-order valence-electron chi connectivity index (χ1n) is 9.51. The lowest BCUT2D eigenvalue weighted by Gasteiger charge is -2.33. The average Bonchev–Trinajstić information content (AvgIpc) is 2.60. The van der Waals surface area contributed by atoms with Gasteiger partial charge in [0.05, 0.1) is 7.11 Å². The van der Waals surface area contributed by atoms with Gasteiger partial charge < -0.3 is 24.1 Å². The topological polar surface area (TPSA) is 91.3 Å². The minimum atomic E-state index is -0.697. The highest BCUT2D eigenvalue weighted by Crippen LogP contribution is 2.46. The van der Waals surface area contributed by atoms with Gasteiger partial charge >= 0.3 is 11.9 Å². The smallest absolute Gasteiger partial charge is 0.303 e. The zero-order valence-electron chi connectivity index (χ0n) is 18.1. The first-order chi connectivity index (χ1) is 13.5. The molecule has 1 aliphatic heterocycles. The van der Waals surface area contributed by atoms with Crippen LogP contribution in [0.1, 0.15) is 57.4 Å². The minimum absolute atomic E-state index is 0.0733. The molecule has 1 N–H and O–H groups in total. The summed E-state index contributed by atoms with van der Waals surface area (Å²) in [6.07, 6.45) is 1.43. The van der Waals surface area contributed by atoms with Gasteiger partial charge in [0, 0.05) is 25.0 Å². The lowest BCUT2D eigenvalue weighted by atomic mass is 9.82. The minimum Gasteiger partial charge on any atom is -0.507 e. The van der Waals surface area contributed by atoms with Gasteiger partial charge in [-0.3, -0.25) is 9.59 Å². The number of rotatable bonds is 5. The van der Waals surface area contributed by atoms with Crippen LogP contribution in [0.25, 0.3) is 0 Å². The first kappa shape index (κ1) is 22.7. The number of aryl methyl sites for hydroxylation is 1. The van der Waals surface area contributed by atoms with E-state index in [2.05, 4.69) is 0 Å².